The first kappa shape index (κ1) is 18.2. The van der Waals surface area contributed by atoms with Crippen molar-refractivity contribution in [3.05, 3.63) is 29.8 Å². The van der Waals surface area contributed by atoms with Gasteiger partial charge in [-0.1, -0.05) is 12.1 Å². The molecule has 0 radical (unpaired) electrons. The highest BCUT2D eigenvalue weighted by atomic mass is 16.5. The van der Waals surface area contributed by atoms with Crippen molar-refractivity contribution in [2.45, 2.75) is 25.8 Å². The van der Waals surface area contributed by atoms with Gasteiger partial charge in [-0.05, 0) is 51.1 Å². The van der Waals surface area contributed by atoms with E-state index in [1.165, 1.54) is 11.3 Å². The molecular weight excluding hydrogens is 314 g/mol. The molecule has 3 rings (SSSR count). The minimum absolute atomic E-state index is 0.0734. The number of piperidine rings is 1. The fraction of sp³-hybridized carbons (Fsp3) is 0.650. The number of methoxy groups -OCH3 is 1. The number of nitrogens with zero attached hydrogens (tertiary/aromatic N) is 3. The number of rotatable bonds is 4. The molecule has 0 N–H and O–H groups in total. The summed E-state index contributed by atoms with van der Waals surface area (Å²) in [7, 11) is 3.84. The normalized spacial score (nSPS) is 25.2. The van der Waals surface area contributed by atoms with E-state index in [2.05, 4.69) is 52.9 Å². The summed E-state index contributed by atoms with van der Waals surface area (Å²) in [5.41, 5.74) is 2.55. The Balaban J connectivity index is 1.61. The number of hydrogen-bond acceptors (Lipinski definition) is 4. The van der Waals surface area contributed by atoms with Crippen LogP contribution in [0.4, 0.5) is 5.69 Å². The second-order valence-corrected chi connectivity index (χ2v) is 7.40. The molecule has 0 unspecified atom stereocenters. The van der Waals surface area contributed by atoms with Crippen LogP contribution in [0.5, 0.6) is 0 Å². The van der Waals surface area contributed by atoms with Crippen LogP contribution in [0.25, 0.3) is 0 Å². The van der Waals surface area contributed by atoms with Gasteiger partial charge >= 0.3 is 0 Å². The van der Waals surface area contributed by atoms with Crippen LogP contribution >= 0.6 is 0 Å². The van der Waals surface area contributed by atoms with Crippen LogP contribution in [-0.2, 0) is 9.53 Å². The van der Waals surface area contributed by atoms with Crippen LogP contribution in [0.3, 0.4) is 0 Å². The predicted octanol–water partition coefficient (Wildman–Crippen LogP) is 2.00. The Morgan fingerprint density at radius 2 is 1.96 bits per heavy atom. The molecule has 5 heteroatoms. The highest BCUT2D eigenvalue weighted by Gasteiger charge is 2.37. The first-order chi connectivity index (χ1) is 12.1. The van der Waals surface area contributed by atoms with Crippen LogP contribution in [0.2, 0.25) is 0 Å². The number of carbonyl (C=O) groups excluding carboxylic acids is 1. The Hall–Kier alpha value is -1.59. The maximum Gasteiger partial charge on any atom is 0.227 e. The number of likely N-dealkylation sites (N-methyl/N-ethyl adjacent to an activating group) is 1. The molecule has 1 amide bonds. The van der Waals surface area contributed by atoms with Crippen molar-refractivity contribution in [2.75, 3.05) is 58.4 Å². The Bertz CT molecular complexity index is 584. The van der Waals surface area contributed by atoms with Gasteiger partial charge in [-0.3, -0.25) is 4.79 Å². The number of aryl methyl sites for hydroxylation is 1. The van der Waals surface area contributed by atoms with Gasteiger partial charge in [0, 0.05) is 45.0 Å². The zero-order valence-corrected chi connectivity index (χ0v) is 15.8. The lowest BCUT2D eigenvalue weighted by Gasteiger charge is -2.42. The minimum atomic E-state index is 0.0734. The third kappa shape index (κ3) is 4.15. The molecule has 0 spiro atoms. The second-order valence-electron chi connectivity index (χ2n) is 7.40. The van der Waals surface area contributed by atoms with Gasteiger partial charge in [0.25, 0.3) is 0 Å². The smallest absolute Gasteiger partial charge is 0.227 e. The molecule has 0 aliphatic carbocycles. The first-order valence-electron chi connectivity index (χ1n) is 9.39. The lowest BCUT2D eigenvalue weighted by molar-refractivity contribution is -0.140. The standard InChI is InChI=1S/C20H31N3O2/c1-16-6-4-7-17(14-16)22-10-12-23(13-11-22)20(24)18-8-5-9-21(2)19(18)15-25-3/h4,6-7,14,18-19H,5,8-13,15H2,1-3H3/t18-,19-/m1/s1. The average molecular weight is 345 g/mol. The SMILES string of the molecule is COC[C@@H]1[C@H](C(=O)N2CCN(c3cccc(C)c3)CC2)CCCN1C. The summed E-state index contributed by atoms with van der Waals surface area (Å²) in [6.45, 7) is 7.26. The molecule has 0 aromatic heterocycles. The average Bonchev–Trinajstić information content (AvgIpc) is 2.63. The molecule has 2 atom stereocenters. The van der Waals surface area contributed by atoms with Crippen molar-refractivity contribution >= 4 is 11.6 Å². The number of likely N-dealkylation sites (tertiary alicyclic amines) is 1. The van der Waals surface area contributed by atoms with E-state index in [4.69, 9.17) is 4.74 Å². The molecule has 2 saturated heterocycles. The lowest BCUT2D eigenvalue weighted by Crippen LogP contribution is -2.56. The molecule has 0 bridgehead atoms. The van der Waals surface area contributed by atoms with Crippen LogP contribution in [0.15, 0.2) is 24.3 Å². The third-order valence-electron chi connectivity index (χ3n) is 5.67. The van der Waals surface area contributed by atoms with E-state index >= 15 is 0 Å². The summed E-state index contributed by atoms with van der Waals surface area (Å²) in [6.07, 6.45) is 2.08. The molecule has 2 heterocycles. The molecule has 25 heavy (non-hydrogen) atoms. The zero-order chi connectivity index (χ0) is 17.8. The molecular formula is C20H31N3O2. The molecule has 2 aliphatic heterocycles. The largest absolute Gasteiger partial charge is 0.383 e. The van der Waals surface area contributed by atoms with Crippen LogP contribution in [0, 0.1) is 12.8 Å². The van der Waals surface area contributed by atoms with E-state index in [1.54, 1.807) is 7.11 Å². The van der Waals surface area contributed by atoms with E-state index in [1.807, 2.05) is 0 Å². The molecule has 138 valence electrons. The summed E-state index contributed by atoms with van der Waals surface area (Å²) in [5.74, 6) is 0.390. The minimum Gasteiger partial charge on any atom is -0.383 e. The van der Waals surface area contributed by atoms with E-state index in [9.17, 15) is 4.79 Å². The number of anilines is 1. The quantitative estimate of drug-likeness (QED) is 0.836. The summed E-state index contributed by atoms with van der Waals surface area (Å²) in [4.78, 5) is 19.9. The van der Waals surface area contributed by atoms with Gasteiger partial charge in [-0.25, -0.2) is 0 Å². The molecule has 1 aromatic rings. The Labute approximate surface area is 151 Å². The van der Waals surface area contributed by atoms with Crippen molar-refractivity contribution in [3.8, 4) is 0 Å². The van der Waals surface area contributed by atoms with E-state index < -0.39 is 0 Å². The molecule has 2 aliphatic rings. The van der Waals surface area contributed by atoms with Gasteiger partial charge in [0.15, 0.2) is 0 Å². The fourth-order valence-electron chi connectivity index (χ4n) is 4.17. The Morgan fingerprint density at radius 3 is 2.64 bits per heavy atom. The predicted molar refractivity (Wildman–Crippen MR) is 101 cm³/mol. The molecule has 1 aromatic carbocycles. The number of hydrogen-bond donors (Lipinski definition) is 0. The fourth-order valence-corrected chi connectivity index (χ4v) is 4.17. The number of benzene rings is 1. The van der Waals surface area contributed by atoms with Crippen molar-refractivity contribution in [3.63, 3.8) is 0 Å². The molecule has 0 saturated carbocycles. The van der Waals surface area contributed by atoms with Crippen molar-refractivity contribution in [1.29, 1.82) is 0 Å². The molecule has 5 nitrogen and oxygen atoms in total. The Morgan fingerprint density at radius 1 is 1.20 bits per heavy atom. The summed E-state index contributed by atoms with van der Waals surface area (Å²) in [6, 6.07) is 8.83. The highest BCUT2D eigenvalue weighted by molar-refractivity contribution is 5.80. The maximum absolute atomic E-state index is 13.1. The Kier molecular flexibility index (Phi) is 5.97. The summed E-state index contributed by atoms with van der Waals surface area (Å²) >= 11 is 0. The zero-order valence-electron chi connectivity index (χ0n) is 15.8. The van der Waals surface area contributed by atoms with Gasteiger partial charge in [-0.2, -0.15) is 0 Å². The number of amides is 1. The van der Waals surface area contributed by atoms with Gasteiger partial charge < -0.3 is 19.4 Å². The lowest BCUT2D eigenvalue weighted by atomic mass is 9.88. The highest BCUT2D eigenvalue weighted by Crippen LogP contribution is 2.26. The van der Waals surface area contributed by atoms with Crippen molar-refractivity contribution in [1.82, 2.24) is 9.80 Å². The van der Waals surface area contributed by atoms with Crippen LogP contribution < -0.4 is 4.90 Å². The number of carbonyl (C=O) groups is 1. The first-order valence-corrected chi connectivity index (χ1v) is 9.39. The summed E-state index contributed by atoms with van der Waals surface area (Å²) < 4.78 is 5.38. The van der Waals surface area contributed by atoms with Gasteiger partial charge in [0.1, 0.15) is 0 Å². The van der Waals surface area contributed by atoms with Gasteiger partial charge in [0.2, 0.25) is 5.91 Å². The van der Waals surface area contributed by atoms with E-state index in [-0.39, 0.29) is 12.0 Å². The third-order valence-corrected chi connectivity index (χ3v) is 5.67. The van der Waals surface area contributed by atoms with Crippen LogP contribution in [-0.4, -0.2) is 75.2 Å². The van der Waals surface area contributed by atoms with Crippen molar-refractivity contribution < 1.29 is 9.53 Å². The second kappa shape index (κ2) is 8.19. The monoisotopic (exact) mass is 345 g/mol. The number of ether oxygens (including phenoxy) is 1. The van der Waals surface area contributed by atoms with Gasteiger partial charge in [-0.15, -0.1) is 0 Å². The van der Waals surface area contributed by atoms with E-state index in [0.29, 0.717) is 12.5 Å². The van der Waals surface area contributed by atoms with E-state index in [0.717, 1.165) is 45.6 Å². The topological polar surface area (TPSA) is 36.0 Å². The van der Waals surface area contributed by atoms with Crippen LogP contribution in [0.1, 0.15) is 18.4 Å². The maximum atomic E-state index is 13.1. The number of piperazine rings is 1. The molecule has 2 fully saturated rings. The summed E-state index contributed by atoms with van der Waals surface area (Å²) in [5, 5.41) is 0. The van der Waals surface area contributed by atoms with Crippen molar-refractivity contribution in [2.24, 2.45) is 5.92 Å². The van der Waals surface area contributed by atoms with Gasteiger partial charge in [0.05, 0.1) is 12.5 Å².